The van der Waals surface area contributed by atoms with Gasteiger partial charge in [-0.25, -0.2) is 0 Å². The predicted molar refractivity (Wildman–Crippen MR) is 64.5 cm³/mol. The molecule has 1 saturated carbocycles. The Morgan fingerprint density at radius 1 is 1.38 bits per heavy atom. The smallest absolute Gasteiger partial charge is 0.100 e. The van der Waals surface area contributed by atoms with Gasteiger partial charge in [0, 0.05) is 12.2 Å². The van der Waals surface area contributed by atoms with Crippen molar-refractivity contribution in [1.29, 1.82) is 0 Å². The van der Waals surface area contributed by atoms with Gasteiger partial charge in [0.1, 0.15) is 5.60 Å². The van der Waals surface area contributed by atoms with Gasteiger partial charge in [-0.3, -0.25) is 4.98 Å². The maximum absolute atomic E-state index is 10.6. The van der Waals surface area contributed by atoms with E-state index in [1.54, 1.807) is 11.3 Å². The van der Waals surface area contributed by atoms with Crippen LogP contribution in [0.25, 0.3) is 0 Å². The molecule has 0 amide bonds. The molecule has 0 unspecified atom stereocenters. The van der Waals surface area contributed by atoms with E-state index < -0.39 is 5.60 Å². The van der Waals surface area contributed by atoms with Gasteiger partial charge >= 0.3 is 0 Å². The zero-order chi connectivity index (χ0) is 11.0. The van der Waals surface area contributed by atoms with E-state index in [2.05, 4.69) is 9.88 Å². The zero-order valence-corrected chi connectivity index (χ0v) is 10.2. The predicted octanol–water partition coefficient (Wildman–Crippen LogP) is 1.98. The summed E-state index contributed by atoms with van der Waals surface area (Å²) in [5.74, 6) is 0. The second kappa shape index (κ2) is 4.09. The monoisotopic (exact) mass is 238 g/mol. The number of rotatable bonds is 2. The van der Waals surface area contributed by atoms with Crippen molar-refractivity contribution in [3.05, 3.63) is 16.6 Å². The minimum absolute atomic E-state index is 0.581. The Bertz CT molecular complexity index is 340. The molecule has 2 heterocycles. The molecule has 1 aliphatic carbocycles. The van der Waals surface area contributed by atoms with Crippen LogP contribution in [0.1, 0.15) is 37.0 Å². The maximum atomic E-state index is 10.6. The topological polar surface area (TPSA) is 36.4 Å². The summed E-state index contributed by atoms with van der Waals surface area (Å²) in [7, 11) is 0. The Morgan fingerprint density at radius 2 is 2.12 bits per heavy atom. The zero-order valence-electron chi connectivity index (χ0n) is 9.43. The number of aliphatic hydroxyl groups is 1. The second-order valence-corrected chi connectivity index (χ2v) is 5.90. The van der Waals surface area contributed by atoms with Crippen molar-refractivity contribution < 1.29 is 5.11 Å². The standard InChI is InChI=1S/C12H18N2OS/c15-12(11-8-13-9-16-11)4-2-10(3-5-12)14-6-1-7-14/h8-10,15H,1-7H2. The molecule has 0 aromatic carbocycles. The van der Waals surface area contributed by atoms with Crippen molar-refractivity contribution in [1.82, 2.24) is 9.88 Å². The molecule has 0 bridgehead atoms. The molecule has 1 aromatic heterocycles. The molecule has 3 rings (SSSR count). The molecular formula is C12H18N2OS. The Kier molecular flexibility index (Phi) is 2.73. The molecule has 1 aliphatic heterocycles. The third-order valence-electron chi connectivity index (χ3n) is 4.08. The fourth-order valence-electron chi connectivity index (χ4n) is 2.84. The SMILES string of the molecule is OC1(c2cncs2)CCC(N2CCC2)CC1. The molecule has 0 radical (unpaired) electrons. The van der Waals surface area contributed by atoms with E-state index in [1.807, 2.05) is 11.7 Å². The van der Waals surface area contributed by atoms with Crippen molar-refractivity contribution in [3.63, 3.8) is 0 Å². The second-order valence-electron chi connectivity index (χ2n) is 5.02. The summed E-state index contributed by atoms with van der Waals surface area (Å²) in [5.41, 5.74) is 1.23. The van der Waals surface area contributed by atoms with Gasteiger partial charge in [-0.15, -0.1) is 11.3 Å². The number of likely N-dealkylation sites (tertiary alicyclic amines) is 1. The van der Waals surface area contributed by atoms with Crippen molar-refractivity contribution in [2.24, 2.45) is 0 Å². The summed E-state index contributed by atoms with van der Waals surface area (Å²) in [5, 5.41) is 10.6. The number of thiazole rings is 1. The lowest BCUT2D eigenvalue weighted by atomic mass is 9.80. The number of hydrogen-bond acceptors (Lipinski definition) is 4. The fraction of sp³-hybridized carbons (Fsp3) is 0.750. The molecule has 1 aromatic rings. The number of aromatic nitrogens is 1. The summed E-state index contributed by atoms with van der Waals surface area (Å²) in [6.07, 6.45) is 7.25. The van der Waals surface area contributed by atoms with Crippen molar-refractivity contribution in [3.8, 4) is 0 Å². The Hall–Kier alpha value is -0.450. The first kappa shape index (κ1) is 10.7. The van der Waals surface area contributed by atoms with Crippen LogP contribution in [0.15, 0.2) is 11.7 Å². The molecule has 88 valence electrons. The molecule has 2 fully saturated rings. The summed E-state index contributed by atoms with van der Waals surface area (Å²) in [4.78, 5) is 7.68. The van der Waals surface area contributed by atoms with Crippen LogP contribution in [-0.2, 0) is 5.60 Å². The van der Waals surface area contributed by atoms with Gasteiger partial charge in [-0.05, 0) is 45.2 Å². The molecule has 0 spiro atoms. The largest absolute Gasteiger partial charge is 0.384 e. The van der Waals surface area contributed by atoms with Gasteiger partial charge in [0.15, 0.2) is 0 Å². The molecular weight excluding hydrogens is 220 g/mol. The van der Waals surface area contributed by atoms with Gasteiger partial charge in [-0.1, -0.05) is 0 Å². The molecule has 0 atom stereocenters. The highest BCUT2D eigenvalue weighted by molar-refractivity contribution is 7.09. The van der Waals surface area contributed by atoms with Gasteiger partial charge in [0.25, 0.3) is 0 Å². The Morgan fingerprint density at radius 3 is 2.62 bits per heavy atom. The first-order chi connectivity index (χ1) is 7.78. The number of hydrogen-bond donors (Lipinski definition) is 1. The van der Waals surface area contributed by atoms with Crippen LogP contribution in [0.5, 0.6) is 0 Å². The highest BCUT2D eigenvalue weighted by Gasteiger charge is 2.38. The van der Waals surface area contributed by atoms with E-state index in [4.69, 9.17) is 0 Å². The van der Waals surface area contributed by atoms with E-state index in [0.717, 1.165) is 36.6 Å². The van der Waals surface area contributed by atoms with Crippen LogP contribution < -0.4 is 0 Å². The minimum atomic E-state index is -0.581. The van der Waals surface area contributed by atoms with E-state index in [-0.39, 0.29) is 0 Å². The van der Waals surface area contributed by atoms with Gasteiger partial charge in [0.2, 0.25) is 0 Å². The van der Waals surface area contributed by atoms with E-state index in [0.29, 0.717) is 0 Å². The molecule has 2 aliphatic rings. The Labute approximate surface area is 100 Å². The third kappa shape index (κ3) is 1.79. The molecule has 16 heavy (non-hydrogen) atoms. The van der Waals surface area contributed by atoms with Crippen LogP contribution in [0.3, 0.4) is 0 Å². The lowest BCUT2D eigenvalue weighted by Gasteiger charge is -2.44. The van der Waals surface area contributed by atoms with Crippen molar-refractivity contribution in [2.75, 3.05) is 13.1 Å². The molecule has 1 saturated heterocycles. The van der Waals surface area contributed by atoms with E-state index in [9.17, 15) is 5.11 Å². The van der Waals surface area contributed by atoms with Crippen LogP contribution >= 0.6 is 11.3 Å². The quantitative estimate of drug-likeness (QED) is 0.856. The molecule has 3 nitrogen and oxygen atoms in total. The van der Waals surface area contributed by atoms with Crippen LogP contribution in [0.4, 0.5) is 0 Å². The first-order valence-corrected chi connectivity index (χ1v) is 7.01. The maximum Gasteiger partial charge on any atom is 0.100 e. The first-order valence-electron chi connectivity index (χ1n) is 6.13. The average molecular weight is 238 g/mol. The normalized spacial score (nSPS) is 35.9. The summed E-state index contributed by atoms with van der Waals surface area (Å²) < 4.78 is 0. The van der Waals surface area contributed by atoms with Gasteiger partial charge in [0.05, 0.1) is 10.4 Å². The van der Waals surface area contributed by atoms with Crippen molar-refractivity contribution in [2.45, 2.75) is 43.7 Å². The van der Waals surface area contributed by atoms with Crippen LogP contribution in [0.2, 0.25) is 0 Å². The van der Waals surface area contributed by atoms with E-state index in [1.165, 1.54) is 19.5 Å². The minimum Gasteiger partial charge on any atom is -0.384 e. The lowest BCUT2D eigenvalue weighted by Crippen LogP contribution is -2.48. The van der Waals surface area contributed by atoms with Crippen molar-refractivity contribution >= 4 is 11.3 Å². The molecule has 1 N–H and O–H groups in total. The summed E-state index contributed by atoms with van der Waals surface area (Å²) >= 11 is 1.58. The highest BCUT2D eigenvalue weighted by Crippen LogP contribution is 2.40. The Balaban J connectivity index is 1.65. The summed E-state index contributed by atoms with van der Waals surface area (Å²) in [6, 6.07) is 0.724. The van der Waals surface area contributed by atoms with Gasteiger partial charge < -0.3 is 10.0 Å². The van der Waals surface area contributed by atoms with E-state index >= 15 is 0 Å². The van der Waals surface area contributed by atoms with Crippen LogP contribution in [0, 0.1) is 0 Å². The van der Waals surface area contributed by atoms with Gasteiger partial charge in [-0.2, -0.15) is 0 Å². The third-order valence-corrected chi connectivity index (χ3v) is 5.05. The van der Waals surface area contributed by atoms with Crippen LogP contribution in [-0.4, -0.2) is 34.1 Å². The fourth-order valence-corrected chi connectivity index (χ4v) is 3.62. The lowest BCUT2D eigenvalue weighted by molar-refractivity contribution is -0.0320. The average Bonchev–Trinajstić information content (AvgIpc) is 2.72. The molecule has 4 heteroatoms. The summed E-state index contributed by atoms with van der Waals surface area (Å²) in [6.45, 7) is 2.54. The highest BCUT2D eigenvalue weighted by atomic mass is 32.1. The number of nitrogens with zero attached hydrogens (tertiary/aromatic N) is 2.